The van der Waals surface area contributed by atoms with Crippen LogP contribution in [0.3, 0.4) is 0 Å². The van der Waals surface area contributed by atoms with Gasteiger partial charge in [0, 0.05) is 30.9 Å². The molecule has 0 bridgehead atoms. The zero-order chi connectivity index (χ0) is 15.2. The topological polar surface area (TPSA) is 47.1 Å². The largest absolute Gasteiger partial charge is 0.328 e. The fraction of sp³-hybridized carbons (Fsp3) is 0.824. The second-order valence-corrected chi connectivity index (χ2v) is 6.58. The van der Waals surface area contributed by atoms with Crippen molar-refractivity contribution in [3.05, 3.63) is 18.0 Å². The van der Waals surface area contributed by atoms with Crippen LogP contribution in [0, 0.1) is 0 Å². The summed E-state index contributed by atoms with van der Waals surface area (Å²) in [7, 11) is 0. The van der Waals surface area contributed by atoms with E-state index < -0.39 is 0 Å². The smallest absolute Gasteiger partial charge is 0.0764 e. The van der Waals surface area contributed by atoms with Gasteiger partial charge in [0.15, 0.2) is 0 Å². The summed E-state index contributed by atoms with van der Waals surface area (Å²) in [5.41, 5.74) is 7.25. The molecular weight excluding hydrogens is 260 g/mol. The van der Waals surface area contributed by atoms with Crippen molar-refractivity contribution in [2.24, 2.45) is 5.73 Å². The molecule has 0 saturated heterocycles. The molecule has 21 heavy (non-hydrogen) atoms. The predicted molar refractivity (Wildman–Crippen MR) is 88.2 cm³/mol. The minimum absolute atomic E-state index is 0.425. The van der Waals surface area contributed by atoms with E-state index in [-0.39, 0.29) is 0 Å². The number of rotatable bonds is 7. The van der Waals surface area contributed by atoms with Crippen LogP contribution in [0.4, 0.5) is 0 Å². The first-order valence-electron chi connectivity index (χ1n) is 8.67. The lowest BCUT2D eigenvalue weighted by Crippen LogP contribution is -2.41. The van der Waals surface area contributed by atoms with Crippen molar-refractivity contribution >= 4 is 0 Å². The molecule has 1 aliphatic carbocycles. The van der Waals surface area contributed by atoms with Crippen LogP contribution < -0.4 is 5.73 Å². The van der Waals surface area contributed by atoms with Gasteiger partial charge in [-0.3, -0.25) is 9.58 Å². The van der Waals surface area contributed by atoms with E-state index in [0.29, 0.717) is 18.1 Å². The molecular formula is C17H32N4. The van der Waals surface area contributed by atoms with Gasteiger partial charge in [0.05, 0.1) is 5.69 Å². The zero-order valence-corrected chi connectivity index (χ0v) is 14.0. The number of nitrogens with zero attached hydrogens (tertiary/aromatic N) is 3. The second-order valence-electron chi connectivity index (χ2n) is 6.58. The SMILES string of the molecule is CCCN(Cc1ccn(C(C)CC)n1)C1CCC(N)CC1. The van der Waals surface area contributed by atoms with Gasteiger partial charge in [-0.15, -0.1) is 0 Å². The lowest BCUT2D eigenvalue weighted by Gasteiger charge is -2.35. The first kappa shape index (κ1) is 16.5. The van der Waals surface area contributed by atoms with Crippen LogP contribution in [0.15, 0.2) is 12.3 Å². The van der Waals surface area contributed by atoms with E-state index in [9.17, 15) is 0 Å². The fourth-order valence-electron chi connectivity index (χ4n) is 3.25. The molecule has 0 spiro atoms. The van der Waals surface area contributed by atoms with Gasteiger partial charge in [-0.05, 0) is 58.1 Å². The molecule has 0 aromatic carbocycles. The Bertz CT molecular complexity index is 407. The quantitative estimate of drug-likeness (QED) is 0.838. The minimum atomic E-state index is 0.425. The van der Waals surface area contributed by atoms with E-state index in [1.807, 2.05) is 0 Å². The molecule has 1 aromatic heterocycles. The van der Waals surface area contributed by atoms with Crippen LogP contribution in [0.5, 0.6) is 0 Å². The standard InChI is InChI=1S/C17H32N4/c1-4-11-20(17-8-6-15(18)7-9-17)13-16-10-12-21(19-16)14(3)5-2/h10,12,14-15,17H,4-9,11,13,18H2,1-3H3. The molecule has 0 radical (unpaired) electrons. The molecule has 4 nitrogen and oxygen atoms in total. The van der Waals surface area contributed by atoms with Crippen molar-refractivity contribution in [3.8, 4) is 0 Å². The highest BCUT2D eigenvalue weighted by molar-refractivity contribution is 5.00. The Hall–Kier alpha value is -0.870. The molecule has 1 fully saturated rings. The van der Waals surface area contributed by atoms with Crippen molar-refractivity contribution in [2.45, 2.75) is 84.0 Å². The molecule has 1 aliphatic rings. The summed E-state index contributed by atoms with van der Waals surface area (Å²) in [5, 5.41) is 4.76. The number of nitrogens with two attached hydrogens (primary N) is 1. The number of aromatic nitrogens is 2. The fourth-order valence-corrected chi connectivity index (χ4v) is 3.25. The second kappa shape index (κ2) is 7.95. The number of hydrogen-bond acceptors (Lipinski definition) is 3. The summed E-state index contributed by atoms with van der Waals surface area (Å²) in [6.07, 6.45) is 9.29. The van der Waals surface area contributed by atoms with E-state index >= 15 is 0 Å². The summed E-state index contributed by atoms with van der Waals surface area (Å²) in [5.74, 6) is 0. The lowest BCUT2D eigenvalue weighted by atomic mass is 9.90. The van der Waals surface area contributed by atoms with Gasteiger partial charge in [-0.2, -0.15) is 5.10 Å². The van der Waals surface area contributed by atoms with Crippen LogP contribution >= 0.6 is 0 Å². The van der Waals surface area contributed by atoms with Crippen LogP contribution in [-0.4, -0.2) is 33.3 Å². The Balaban J connectivity index is 1.97. The van der Waals surface area contributed by atoms with E-state index in [1.165, 1.54) is 37.8 Å². The molecule has 1 atom stereocenters. The first-order chi connectivity index (χ1) is 10.1. The average Bonchev–Trinajstić information content (AvgIpc) is 2.95. The van der Waals surface area contributed by atoms with Crippen LogP contribution in [0.2, 0.25) is 0 Å². The Morgan fingerprint density at radius 2 is 2.05 bits per heavy atom. The molecule has 2 N–H and O–H groups in total. The third kappa shape index (κ3) is 4.55. The van der Waals surface area contributed by atoms with Crippen molar-refractivity contribution in [1.82, 2.24) is 14.7 Å². The maximum atomic E-state index is 6.04. The van der Waals surface area contributed by atoms with E-state index in [1.54, 1.807) is 0 Å². The summed E-state index contributed by atoms with van der Waals surface area (Å²) < 4.78 is 2.11. The Kier molecular flexibility index (Phi) is 6.24. The van der Waals surface area contributed by atoms with Crippen molar-refractivity contribution in [2.75, 3.05) is 6.54 Å². The summed E-state index contributed by atoms with van der Waals surface area (Å²) in [6, 6.07) is 3.79. The summed E-state index contributed by atoms with van der Waals surface area (Å²) in [4.78, 5) is 2.62. The van der Waals surface area contributed by atoms with E-state index in [4.69, 9.17) is 10.8 Å². The predicted octanol–water partition coefficient (Wildman–Crippen LogP) is 3.34. The molecule has 0 aliphatic heterocycles. The summed E-state index contributed by atoms with van der Waals surface area (Å²) in [6.45, 7) is 8.84. The van der Waals surface area contributed by atoms with Gasteiger partial charge >= 0.3 is 0 Å². The van der Waals surface area contributed by atoms with E-state index in [2.05, 4.69) is 42.6 Å². The highest BCUT2D eigenvalue weighted by Crippen LogP contribution is 2.24. The molecule has 0 amide bonds. The molecule has 4 heteroatoms. The molecule has 120 valence electrons. The highest BCUT2D eigenvalue weighted by Gasteiger charge is 2.24. The maximum Gasteiger partial charge on any atom is 0.0764 e. The van der Waals surface area contributed by atoms with Crippen LogP contribution in [-0.2, 0) is 6.54 Å². The maximum absolute atomic E-state index is 6.04. The molecule has 1 saturated carbocycles. The summed E-state index contributed by atoms with van der Waals surface area (Å²) >= 11 is 0. The third-order valence-corrected chi connectivity index (χ3v) is 4.84. The van der Waals surface area contributed by atoms with Crippen LogP contribution in [0.25, 0.3) is 0 Å². The number of hydrogen-bond donors (Lipinski definition) is 1. The van der Waals surface area contributed by atoms with Crippen molar-refractivity contribution in [1.29, 1.82) is 0 Å². The third-order valence-electron chi connectivity index (χ3n) is 4.84. The van der Waals surface area contributed by atoms with Gasteiger partial charge in [0.2, 0.25) is 0 Å². The average molecular weight is 292 g/mol. The van der Waals surface area contributed by atoms with Gasteiger partial charge < -0.3 is 5.73 Å². The van der Waals surface area contributed by atoms with Gasteiger partial charge in [-0.25, -0.2) is 0 Å². The van der Waals surface area contributed by atoms with Crippen LogP contribution in [0.1, 0.15) is 71.0 Å². The normalized spacial score (nSPS) is 24.4. The van der Waals surface area contributed by atoms with Crippen molar-refractivity contribution < 1.29 is 0 Å². The minimum Gasteiger partial charge on any atom is -0.328 e. The Morgan fingerprint density at radius 1 is 1.33 bits per heavy atom. The lowest BCUT2D eigenvalue weighted by molar-refractivity contribution is 0.140. The molecule has 1 heterocycles. The Morgan fingerprint density at radius 3 is 2.67 bits per heavy atom. The van der Waals surface area contributed by atoms with Crippen molar-refractivity contribution in [3.63, 3.8) is 0 Å². The molecule has 2 rings (SSSR count). The molecule has 1 unspecified atom stereocenters. The first-order valence-corrected chi connectivity index (χ1v) is 8.67. The monoisotopic (exact) mass is 292 g/mol. The zero-order valence-electron chi connectivity index (χ0n) is 14.0. The van der Waals surface area contributed by atoms with E-state index in [0.717, 1.165) is 19.5 Å². The van der Waals surface area contributed by atoms with Gasteiger partial charge in [0.1, 0.15) is 0 Å². The molecule has 1 aromatic rings. The highest BCUT2D eigenvalue weighted by atomic mass is 15.3. The van der Waals surface area contributed by atoms with Gasteiger partial charge in [0.25, 0.3) is 0 Å². The Labute approximate surface area is 129 Å². The van der Waals surface area contributed by atoms with Gasteiger partial charge in [-0.1, -0.05) is 13.8 Å².